The lowest BCUT2D eigenvalue weighted by atomic mass is 9.96. The molecule has 0 saturated heterocycles. The van der Waals surface area contributed by atoms with Crippen molar-refractivity contribution in [3.63, 3.8) is 0 Å². The third-order valence-corrected chi connectivity index (χ3v) is 3.88. The quantitative estimate of drug-likeness (QED) is 0.729. The zero-order valence-electron chi connectivity index (χ0n) is 13.5. The lowest BCUT2D eigenvalue weighted by Gasteiger charge is -2.24. The highest BCUT2D eigenvalue weighted by Crippen LogP contribution is 2.17. The Morgan fingerprint density at radius 3 is 2.15 bits per heavy atom. The Morgan fingerprint density at radius 1 is 1.10 bits per heavy atom. The van der Waals surface area contributed by atoms with Crippen LogP contribution in [0, 0.1) is 5.92 Å². The average molecular weight is 277 g/mol. The van der Waals surface area contributed by atoms with E-state index in [1.54, 1.807) is 0 Å². The molecule has 0 radical (unpaired) electrons. The van der Waals surface area contributed by atoms with Crippen molar-refractivity contribution in [3.05, 3.63) is 29.8 Å². The van der Waals surface area contributed by atoms with E-state index in [-0.39, 0.29) is 0 Å². The number of nitrogens with zero attached hydrogens (tertiary/aromatic N) is 1. The van der Waals surface area contributed by atoms with Gasteiger partial charge >= 0.3 is 0 Å². The number of nitrogens with two attached hydrogens (primary N) is 1. The van der Waals surface area contributed by atoms with Gasteiger partial charge in [0.15, 0.2) is 0 Å². The van der Waals surface area contributed by atoms with E-state index in [0.29, 0.717) is 18.5 Å². The maximum absolute atomic E-state index is 5.59. The van der Waals surface area contributed by atoms with Crippen molar-refractivity contribution in [2.45, 2.75) is 40.2 Å². The van der Waals surface area contributed by atoms with Gasteiger partial charge in [-0.05, 0) is 43.9 Å². The predicted octanol–water partition coefficient (Wildman–Crippen LogP) is 2.65. The largest absolute Gasteiger partial charge is 0.372 e. The van der Waals surface area contributed by atoms with Crippen molar-refractivity contribution >= 4 is 5.69 Å². The molecule has 3 N–H and O–H groups in total. The maximum atomic E-state index is 5.59. The molecule has 3 heteroatoms. The second-order valence-corrected chi connectivity index (χ2v) is 5.64. The van der Waals surface area contributed by atoms with Gasteiger partial charge in [0.2, 0.25) is 0 Å². The van der Waals surface area contributed by atoms with Crippen LogP contribution in [0.5, 0.6) is 0 Å². The number of hydrogen-bond acceptors (Lipinski definition) is 3. The molecule has 0 fully saturated rings. The number of hydrogen-bond donors (Lipinski definition) is 2. The van der Waals surface area contributed by atoms with Crippen LogP contribution >= 0.6 is 0 Å². The molecule has 0 amide bonds. The first-order chi connectivity index (χ1) is 9.62. The molecule has 0 aliphatic heterocycles. The third kappa shape index (κ3) is 5.14. The average Bonchev–Trinajstić information content (AvgIpc) is 2.46. The Balaban J connectivity index is 2.67. The molecule has 1 unspecified atom stereocenters. The molecular formula is C17H31N3. The van der Waals surface area contributed by atoms with E-state index in [0.717, 1.165) is 26.1 Å². The van der Waals surface area contributed by atoms with E-state index < -0.39 is 0 Å². The van der Waals surface area contributed by atoms with Gasteiger partial charge in [0, 0.05) is 37.9 Å². The van der Waals surface area contributed by atoms with Gasteiger partial charge in [-0.25, -0.2) is 0 Å². The lowest BCUT2D eigenvalue weighted by Crippen LogP contribution is -2.38. The first-order valence-electron chi connectivity index (χ1n) is 7.89. The summed E-state index contributed by atoms with van der Waals surface area (Å²) in [5, 5.41) is 3.54. The van der Waals surface area contributed by atoms with E-state index in [4.69, 9.17) is 5.73 Å². The van der Waals surface area contributed by atoms with Crippen LogP contribution in [0.3, 0.4) is 0 Å². The highest BCUT2D eigenvalue weighted by atomic mass is 15.1. The fraction of sp³-hybridized carbons (Fsp3) is 0.647. The number of anilines is 1. The monoisotopic (exact) mass is 277 g/mol. The molecule has 0 spiro atoms. The predicted molar refractivity (Wildman–Crippen MR) is 89.4 cm³/mol. The van der Waals surface area contributed by atoms with Gasteiger partial charge in [0.1, 0.15) is 0 Å². The van der Waals surface area contributed by atoms with Crippen molar-refractivity contribution in [3.8, 4) is 0 Å². The van der Waals surface area contributed by atoms with Crippen molar-refractivity contribution in [2.24, 2.45) is 11.7 Å². The highest BCUT2D eigenvalue weighted by molar-refractivity contribution is 5.47. The Hall–Kier alpha value is -1.06. The van der Waals surface area contributed by atoms with Crippen LogP contribution in [0.1, 0.15) is 33.3 Å². The van der Waals surface area contributed by atoms with Gasteiger partial charge in [0.05, 0.1) is 0 Å². The summed E-state index contributed by atoms with van der Waals surface area (Å²) in [7, 11) is 0. The molecule has 3 nitrogen and oxygen atoms in total. The zero-order valence-corrected chi connectivity index (χ0v) is 13.5. The van der Waals surface area contributed by atoms with E-state index in [1.807, 2.05) is 0 Å². The zero-order chi connectivity index (χ0) is 15.0. The number of nitrogens with one attached hydrogen (secondary N) is 1. The fourth-order valence-electron chi connectivity index (χ4n) is 2.50. The van der Waals surface area contributed by atoms with Gasteiger partial charge in [-0.1, -0.05) is 26.0 Å². The summed E-state index contributed by atoms with van der Waals surface area (Å²) in [4.78, 5) is 2.37. The summed E-state index contributed by atoms with van der Waals surface area (Å²) in [6.07, 6.45) is 1.07. The summed E-state index contributed by atoms with van der Waals surface area (Å²) >= 11 is 0. The van der Waals surface area contributed by atoms with Crippen LogP contribution in [0.4, 0.5) is 5.69 Å². The summed E-state index contributed by atoms with van der Waals surface area (Å²) in [5.74, 6) is 0.615. The summed E-state index contributed by atoms with van der Waals surface area (Å²) in [6.45, 7) is 12.6. The second kappa shape index (κ2) is 8.98. The normalized spacial score (nSPS) is 12.7. The van der Waals surface area contributed by atoms with Gasteiger partial charge in [0.25, 0.3) is 0 Å². The Bertz CT molecular complexity index is 355. The Labute approximate surface area is 124 Å². The van der Waals surface area contributed by atoms with Gasteiger partial charge in [-0.15, -0.1) is 0 Å². The molecule has 114 valence electrons. The van der Waals surface area contributed by atoms with E-state index >= 15 is 0 Å². The fourth-order valence-corrected chi connectivity index (χ4v) is 2.50. The molecular weight excluding hydrogens is 246 g/mol. The smallest absolute Gasteiger partial charge is 0.0366 e. The topological polar surface area (TPSA) is 41.3 Å². The van der Waals surface area contributed by atoms with E-state index in [2.05, 4.69) is 62.2 Å². The van der Waals surface area contributed by atoms with Crippen LogP contribution in [0.2, 0.25) is 0 Å². The van der Waals surface area contributed by atoms with Crippen LogP contribution in [0.25, 0.3) is 0 Å². The van der Waals surface area contributed by atoms with Crippen molar-refractivity contribution in [1.29, 1.82) is 0 Å². The Morgan fingerprint density at radius 2 is 1.70 bits per heavy atom. The van der Waals surface area contributed by atoms with Crippen LogP contribution in [0.15, 0.2) is 24.3 Å². The summed E-state index contributed by atoms with van der Waals surface area (Å²) in [5.41, 5.74) is 8.29. The van der Waals surface area contributed by atoms with Gasteiger partial charge in [-0.3, -0.25) is 0 Å². The molecule has 1 rings (SSSR count). The minimum atomic E-state index is 0.498. The Kier molecular flexibility index (Phi) is 7.63. The van der Waals surface area contributed by atoms with Crippen LogP contribution in [-0.4, -0.2) is 32.2 Å². The molecule has 1 aromatic carbocycles. The molecule has 0 bridgehead atoms. The van der Waals surface area contributed by atoms with E-state index in [1.165, 1.54) is 11.3 Å². The second-order valence-electron chi connectivity index (χ2n) is 5.64. The van der Waals surface area contributed by atoms with Gasteiger partial charge < -0.3 is 16.0 Å². The number of benzene rings is 1. The summed E-state index contributed by atoms with van der Waals surface area (Å²) < 4.78 is 0. The molecule has 1 atom stereocenters. The number of rotatable bonds is 9. The van der Waals surface area contributed by atoms with E-state index in [9.17, 15) is 0 Å². The van der Waals surface area contributed by atoms with Crippen molar-refractivity contribution in [2.75, 3.05) is 31.1 Å². The van der Waals surface area contributed by atoms with Crippen molar-refractivity contribution < 1.29 is 0 Å². The lowest BCUT2D eigenvalue weighted by molar-refractivity contribution is 0.401. The molecule has 20 heavy (non-hydrogen) atoms. The van der Waals surface area contributed by atoms with Crippen LogP contribution in [-0.2, 0) is 6.42 Å². The SMILES string of the molecule is CCN(CC)c1ccc(CC(NCCN)C(C)C)cc1. The minimum Gasteiger partial charge on any atom is -0.372 e. The molecule has 0 aliphatic carbocycles. The molecule has 0 saturated carbocycles. The first kappa shape index (κ1) is 17.0. The standard InChI is InChI=1S/C17H31N3/c1-5-20(6-2)16-9-7-15(8-10-16)13-17(14(3)4)19-12-11-18/h7-10,14,17,19H,5-6,11-13,18H2,1-4H3. The van der Waals surface area contributed by atoms with Crippen molar-refractivity contribution in [1.82, 2.24) is 5.32 Å². The molecule has 1 aromatic rings. The maximum Gasteiger partial charge on any atom is 0.0366 e. The first-order valence-corrected chi connectivity index (χ1v) is 7.89. The highest BCUT2D eigenvalue weighted by Gasteiger charge is 2.13. The summed E-state index contributed by atoms with van der Waals surface area (Å²) in [6, 6.07) is 9.49. The molecule has 0 aliphatic rings. The molecule has 0 aromatic heterocycles. The molecule has 0 heterocycles. The van der Waals surface area contributed by atoms with Crippen LogP contribution < -0.4 is 16.0 Å². The van der Waals surface area contributed by atoms with Gasteiger partial charge in [-0.2, -0.15) is 0 Å². The minimum absolute atomic E-state index is 0.498. The third-order valence-electron chi connectivity index (χ3n) is 3.88.